The monoisotopic (exact) mass is 253 g/mol. The van der Waals surface area contributed by atoms with Gasteiger partial charge >= 0.3 is 0 Å². The van der Waals surface area contributed by atoms with Gasteiger partial charge in [0.05, 0.1) is 6.10 Å². The van der Waals surface area contributed by atoms with Crippen molar-refractivity contribution in [1.82, 2.24) is 5.32 Å². The van der Waals surface area contributed by atoms with Crippen molar-refractivity contribution in [2.75, 3.05) is 19.8 Å². The van der Waals surface area contributed by atoms with E-state index in [1.54, 1.807) is 0 Å². The molecule has 2 rings (SSSR count). The van der Waals surface area contributed by atoms with Crippen molar-refractivity contribution in [3.8, 4) is 5.75 Å². The second-order valence-electron chi connectivity index (χ2n) is 4.18. The lowest BCUT2D eigenvalue weighted by atomic mass is 10.2. The molecule has 1 aromatic rings. The summed E-state index contributed by atoms with van der Waals surface area (Å²) >= 11 is 0. The first-order valence-electron chi connectivity index (χ1n) is 6.01. The summed E-state index contributed by atoms with van der Waals surface area (Å²) in [6.45, 7) is 1.22. The number of amides is 1. The summed E-state index contributed by atoms with van der Waals surface area (Å²) in [7, 11) is 0. The Labute approximate surface area is 105 Å². The summed E-state index contributed by atoms with van der Waals surface area (Å²) < 4.78 is 23.2. The van der Waals surface area contributed by atoms with Crippen molar-refractivity contribution in [2.24, 2.45) is 0 Å². The van der Waals surface area contributed by atoms with E-state index in [0.29, 0.717) is 12.3 Å². The first kappa shape index (κ1) is 12.8. The third kappa shape index (κ3) is 4.00. The van der Waals surface area contributed by atoms with Gasteiger partial charge in [-0.25, -0.2) is 4.39 Å². The summed E-state index contributed by atoms with van der Waals surface area (Å²) in [5, 5.41) is 2.74. The fraction of sp³-hybridized carbons (Fsp3) is 0.462. The predicted octanol–water partition coefficient (Wildman–Crippen LogP) is 1.50. The Hall–Kier alpha value is -1.62. The number of ether oxygens (including phenoxy) is 2. The molecule has 0 bridgehead atoms. The SMILES string of the molecule is O=C(COc1ccc(F)cc1)NC[C@@H]1CCCO1. The van der Waals surface area contributed by atoms with E-state index in [1.807, 2.05) is 0 Å². The predicted molar refractivity (Wildman–Crippen MR) is 63.9 cm³/mol. The zero-order valence-electron chi connectivity index (χ0n) is 10.0. The van der Waals surface area contributed by atoms with Crippen LogP contribution in [0.4, 0.5) is 4.39 Å². The minimum Gasteiger partial charge on any atom is -0.484 e. The number of halogens is 1. The zero-order chi connectivity index (χ0) is 12.8. The summed E-state index contributed by atoms with van der Waals surface area (Å²) in [4.78, 5) is 11.5. The molecule has 0 radical (unpaired) electrons. The first-order valence-corrected chi connectivity index (χ1v) is 6.01. The van der Waals surface area contributed by atoms with Crippen LogP contribution in [-0.4, -0.2) is 31.8 Å². The van der Waals surface area contributed by atoms with E-state index in [1.165, 1.54) is 24.3 Å². The molecule has 1 N–H and O–H groups in total. The van der Waals surface area contributed by atoms with E-state index in [9.17, 15) is 9.18 Å². The third-order valence-corrected chi connectivity index (χ3v) is 2.73. The molecule has 5 heteroatoms. The smallest absolute Gasteiger partial charge is 0.258 e. The van der Waals surface area contributed by atoms with Gasteiger partial charge in [0.1, 0.15) is 11.6 Å². The molecule has 0 spiro atoms. The van der Waals surface area contributed by atoms with Crippen molar-refractivity contribution < 1.29 is 18.7 Å². The Morgan fingerprint density at radius 3 is 2.89 bits per heavy atom. The van der Waals surface area contributed by atoms with Gasteiger partial charge in [0.25, 0.3) is 5.91 Å². The molecule has 4 nitrogen and oxygen atoms in total. The van der Waals surface area contributed by atoms with Crippen LogP contribution in [0.25, 0.3) is 0 Å². The van der Waals surface area contributed by atoms with Crippen LogP contribution in [-0.2, 0) is 9.53 Å². The highest BCUT2D eigenvalue weighted by Crippen LogP contribution is 2.11. The van der Waals surface area contributed by atoms with Gasteiger partial charge in [-0.15, -0.1) is 0 Å². The quantitative estimate of drug-likeness (QED) is 0.865. The summed E-state index contributed by atoms with van der Waals surface area (Å²) in [5.74, 6) is -0.0522. The highest BCUT2D eigenvalue weighted by atomic mass is 19.1. The highest BCUT2D eigenvalue weighted by molar-refractivity contribution is 5.77. The molecule has 0 aliphatic carbocycles. The van der Waals surface area contributed by atoms with E-state index in [-0.39, 0.29) is 24.4 Å². The summed E-state index contributed by atoms with van der Waals surface area (Å²) in [6.07, 6.45) is 2.16. The Kier molecular flexibility index (Phi) is 4.52. The van der Waals surface area contributed by atoms with Crippen LogP contribution in [0.1, 0.15) is 12.8 Å². The Morgan fingerprint density at radius 2 is 2.22 bits per heavy atom. The molecule has 1 aromatic carbocycles. The van der Waals surface area contributed by atoms with Gasteiger partial charge in [-0.1, -0.05) is 0 Å². The fourth-order valence-electron chi connectivity index (χ4n) is 1.76. The maximum Gasteiger partial charge on any atom is 0.258 e. The molecule has 0 aromatic heterocycles. The van der Waals surface area contributed by atoms with Crippen LogP contribution >= 0.6 is 0 Å². The molecule has 1 amide bonds. The number of nitrogens with one attached hydrogen (secondary N) is 1. The molecule has 1 aliphatic rings. The maximum atomic E-state index is 12.6. The molecule has 0 saturated carbocycles. The van der Waals surface area contributed by atoms with Crippen molar-refractivity contribution in [1.29, 1.82) is 0 Å². The summed E-state index contributed by atoms with van der Waals surface area (Å²) in [6, 6.07) is 5.56. The van der Waals surface area contributed by atoms with Crippen LogP contribution < -0.4 is 10.1 Å². The molecule has 1 atom stereocenters. The average Bonchev–Trinajstić information content (AvgIpc) is 2.89. The molecular weight excluding hydrogens is 237 g/mol. The number of hydrogen-bond donors (Lipinski definition) is 1. The van der Waals surface area contributed by atoms with Crippen molar-refractivity contribution in [3.63, 3.8) is 0 Å². The Morgan fingerprint density at radius 1 is 1.44 bits per heavy atom. The lowest BCUT2D eigenvalue weighted by Gasteiger charge is -2.11. The van der Waals surface area contributed by atoms with Gasteiger partial charge in [-0.2, -0.15) is 0 Å². The molecular formula is C13H16FNO3. The summed E-state index contributed by atoms with van der Waals surface area (Å²) in [5.41, 5.74) is 0. The molecule has 1 aliphatic heterocycles. The van der Waals surface area contributed by atoms with Gasteiger partial charge < -0.3 is 14.8 Å². The van der Waals surface area contributed by atoms with Gasteiger partial charge in [0.15, 0.2) is 6.61 Å². The first-order chi connectivity index (χ1) is 8.74. The van der Waals surface area contributed by atoms with Crippen LogP contribution in [0.15, 0.2) is 24.3 Å². The van der Waals surface area contributed by atoms with Gasteiger partial charge in [0.2, 0.25) is 0 Å². The van der Waals surface area contributed by atoms with E-state index in [0.717, 1.165) is 19.4 Å². The van der Waals surface area contributed by atoms with Crippen molar-refractivity contribution in [2.45, 2.75) is 18.9 Å². The van der Waals surface area contributed by atoms with E-state index < -0.39 is 0 Å². The molecule has 1 heterocycles. The second kappa shape index (κ2) is 6.35. The molecule has 1 saturated heterocycles. The second-order valence-corrected chi connectivity index (χ2v) is 4.18. The largest absolute Gasteiger partial charge is 0.484 e. The Bertz CT molecular complexity index is 388. The fourth-order valence-corrected chi connectivity index (χ4v) is 1.76. The minimum absolute atomic E-state index is 0.0711. The van der Waals surface area contributed by atoms with E-state index >= 15 is 0 Å². The molecule has 1 fully saturated rings. The van der Waals surface area contributed by atoms with Crippen LogP contribution in [0.2, 0.25) is 0 Å². The molecule has 18 heavy (non-hydrogen) atoms. The van der Waals surface area contributed by atoms with Crippen LogP contribution in [0.3, 0.4) is 0 Å². The number of carbonyl (C=O) groups is 1. The normalized spacial score (nSPS) is 18.6. The van der Waals surface area contributed by atoms with Gasteiger partial charge in [-0.05, 0) is 37.1 Å². The standard InChI is InChI=1S/C13H16FNO3/c14-10-3-5-11(6-4-10)18-9-13(16)15-8-12-2-1-7-17-12/h3-6,12H,1-2,7-9H2,(H,15,16)/t12-/m0/s1. The Balaban J connectivity index is 1.66. The zero-order valence-corrected chi connectivity index (χ0v) is 10.0. The lowest BCUT2D eigenvalue weighted by molar-refractivity contribution is -0.123. The number of carbonyl (C=O) groups excluding carboxylic acids is 1. The maximum absolute atomic E-state index is 12.6. The minimum atomic E-state index is -0.329. The van der Waals surface area contributed by atoms with Gasteiger partial charge in [0, 0.05) is 13.2 Å². The number of benzene rings is 1. The van der Waals surface area contributed by atoms with E-state index in [2.05, 4.69) is 5.32 Å². The van der Waals surface area contributed by atoms with Gasteiger partial charge in [-0.3, -0.25) is 4.79 Å². The highest BCUT2D eigenvalue weighted by Gasteiger charge is 2.16. The van der Waals surface area contributed by atoms with Crippen LogP contribution in [0, 0.1) is 5.82 Å². The molecule has 98 valence electrons. The average molecular weight is 253 g/mol. The van der Waals surface area contributed by atoms with Crippen LogP contribution in [0.5, 0.6) is 5.75 Å². The van der Waals surface area contributed by atoms with E-state index in [4.69, 9.17) is 9.47 Å². The van der Waals surface area contributed by atoms with Crippen molar-refractivity contribution >= 4 is 5.91 Å². The number of hydrogen-bond acceptors (Lipinski definition) is 3. The lowest BCUT2D eigenvalue weighted by Crippen LogP contribution is -2.35. The molecule has 0 unspecified atom stereocenters. The third-order valence-electron chi connectivity index (χ3n) is 2.73. The van der Waals surface area contributed by atoms with Crippen molar-refractivity contribution in [3.05, 3.63) is 30.1 Å². The topological polar surface area (TPSA) is 47.6 Å². The number of rotatable bonds is 5.